The fourth-order valence-electron chi connectivity index (χ4n) is 2.00. The van der Waals surface area contributed by atoms with Gasteiger partial charge in [0.2, 0.25) is 0 Å². The molecule has 1 aromatic carbocycles. The highest BCUT2D eigenvalue weighted by molar-refractivity contribution is 5.57. The first-order chi connectivity index (χ1) is 7.77. The van der Waals surface area contributed by atoms with E-state index in [0.29, 0.717) is 19.8 Å². The van der Waals surface area contributed by atoms with Crippen LogP contribution < -0.4 is 19.9 Å². The fraction of sp³-hybridized carbons (Fsp3) is 0.500. The predicted octanol–water partition coefficient (Wildman–Crippen LogP) is 1.28. The molecule has 1 heterocycles. The molecule has 2 rings (SSSR count). The summed E-state index contributed by atoms with van der Waals surface area (Å²) >= 11 is 0. The van der Waals surface area contributed by atoms with Crippen LogP contribution in [-0.4, -0.2) is 26.9 Å². The van der Waals surface area contributed by atoms with Crippen molar-refractivity contribution < 1.29 is 14.2 Å². The molecule has 2 N–H and O–H groups in total. The number of ether oxygens (including phenoxy) is 3. The number of hydrogen-bond acceptors (Lipinski definition) is 4. The number of nitrogens with two attached hydrogens (primary N) is 1. The van der Waals surface area contributed by atoms with Crippen LogP contribution in [0.5, 0.6) is 17.2 Å². The average Bonchev–Trinajstić information content (AvgIpc) is 2.33. The first-order valence-corrected chi connectivity index (χ1v) is 5.44. The molecule has 0 spiro atoms. The Hall–Kier alpha value is -1.42. The quantitative estimate of drug-likeness (QED) is 0.838. The van der Waals surface area contributed by atoms with Crippen LogP contribution >= 0.6 is 0 Å². The molecule has 0 fully saturated rings. The van der Waals surface area contributed by atoms with Crippen LogP contribution in [0.3, 0.4) is 0 Å². The molecule has 1 aliphatic heterocycles. The summed E-state index contributed by atoms with van der Waals surface area (Å²) in [5, 5.41) is 0. The van der Waals surface area contributed by atoms with Crippen LogP contribution in [0.2, 0.25) is 0 Å². The van der Waals surface area contributed by atoms with Gasteiger partial charge in [0.15, 0.2) is 11.5 Å². The van der Waals surface area contributed by atoms with E-state index in [1.165, 1.54) is 0 Å². The zero-order chi connectivity index (χ0) is 11.5. The Morgan fingerprint density at radius 2 is 2.12 bits per heavy atom. The molecular formula is C12H17NO3. The lowest BCUT2D eigenvalue weighted by Gasteiger charge is -2.23. The van der Waals surface area contributed by atoms with Crippen molar-refractivity contribution in [1.82, 2.24) is 0 Å². The van der Waals surface area contributed by atoms with E-state index < -0.39 is 0 Å². The third-order valence-corrected chi connectivity index (χ3v) is 2.78. The highest BCUT2D eigenvalue weighted by Gasteiger charge is 2.20. The molecule has 0 amide bonds. The molecule has 0 bridgehead atoms. The fourth-order valence-corrected chi connectivity index (χ4v) is 2.00. The lowest BCUT2D eigenvalue weighted by Crippen LogP contribution is -2.17. The average molecular weight is 223 g/mol. The number of methoxy groups -OCH3 is 1. The number of fused-ring (bicyclic) bond motifs is 1. The highest BCUT2D eigenvalue weighted by atomic mass is 16.6. The number of benzene rings is 1. The Bertz CT molecular complexity index is 390. The molecular weight excluding hydrogens is 206 g/mol. The standard InChI is InChI=1S/C12H17NO3/c1-8-9(3-4-13)10(14-2)7-11-12(8)16-6-5-15-11/h7H,3-6,13H2,1-2H3. The zero-order valence-corrected chi connectivity index (χ0v) is 9.71. The Morgan fingerprint density at radius 1 is 1.38 bits per heavy atom. The van der Waals surface area contributed by atoms with Crippen LogP contribution in [0.15, 0.2) is 6.07 Å². The molecule has 0 unspecified atom stereocenters. The van der Waals surface area contributed by atoms with Gasteiger partial charge in [0.1, 0.15) is 19.0 Å². The molecule has 0 atom stereocenters. The predicted molar refractivity (Wildman–Crippen MR) is 61.5 cm³/mol. The molecule has 0 radical (unpaired) electrons. The summed E-state index contributed by atoms with van der Waals surface area (Å²) < 4.78 is 16.5. The van der Waals surface area contributed by atoms with Gasteiger partial charge in [-0.2, -0.15) is 0 Å². The minimum Gasteiger partial charge on any atom is -0.496 e. The van der Waals surface area contributed by atoms with Gasteiger partial charge in [0.25, 0.3) is 0 Å². The molecule has 4 nitrogen and oxygen atoms in total. The molecule has 88 valence electrons. The molecule has 1 aromatic rings. The molecule has 0 saturated carbocycles. The van der Waals surface area contributed by atoms with Crippen molar-refractivity contribution in [3.05, 3.63) is 17.2 Å². The smallest absolute Gasteiger partial charge is 0.165 e. The summed E-state index contributed by atoms with van der Waals surface area (Å²) in [7, 11) is 1.66. The summed E-state index contributed by atoms with van der Waals surface area (Å²) in [4.78, 5) is 0. The van der Waals surface area contributed by atoms with Crippen molar-refractivity contribution in [2.75, 3.05) is 26.9 Å². The number of rotatable bonds is 3. The molecule has 0 aromatic heterocycles. The topological polar surface area (TPSA) is 53.7 Å². The van der Waals surface area contributed by atoms with E-state index in [1.54, 1.807) is 7.11 Å². The van der Waals surface area contributed by atoms with Gasteiger partial charge >= 0.3 is 0 Å². The summed E-state index contributed by atoms with van der Waals surface area (Å²) in [5.74, 6) is 2.42. The van der Waals surface area contributed by atoms with Gasteiger partial charge in [-0.3, -0.25) is 0 Å². The van der Waals surface area contributed by atoms with Gasteiger partial charge in [-0.15, -0.1) is 0 Å². The van der Waals surface area contributed by atoms with Gasteiger partial charge in [-0.1, -0.05) is 0 Å². The monoisotopic (exact) mass is 223 g/mol. The van der Waals surface area contributed by atoms with Crippen molar-refractivity contribution >= 4 is 0 Å². The van der Waals surface area contributed by atoms with Gasteiger partial charge in [-0.05, 0) is 19.9 Å². The highest BCUT2D eigenvalue weighted by Crippen LogP contribution is 2.40. The van der Waals surface area contributed by atoms with Gasteiger partial charge < -0.3 is 19.9 Å². The molecule has 4 heteroatoms. The van der Waals surface area contributed by atoms with Crippen LogP contribution in [0, 0.1) is 6.92 Å². The maximum absolute atomic E-state index is 5.62. The van der Waals surface area contributed by atoms with E-state index in [0.717, 1.165) is 34.8 Å². The third-order valence-electron chi connectivity index (χ3n) is 2.78. The lowest BCUT2D eigenvalue weighted by molar-refractivity contribution is 0.169. The first-order valence-electron chi connectivity index (χ1n) is 5.44. The minimum absolute atomic E-state index is 0.589. The summed E-state index contributed by atoms with van der Waals surface area (Å²) in [6, 6.07) is 1.88. The Labute approximate surface area is 95.3 Å². The van der Waals surface area contributed by atoms with Crippen molar-refractivity contribution in [3.8, 4) is 17.2 Å². The van der Waals surface area contributed by atoms with Crippen LogP contribution in [-0.2, 0) is 6.42 Å². The van der Waals surface area contributed by atoms with E-state index >= 15 is 0 Å². The Kier molecular flexibility index (Phi) is 3.19. The van der Waals surface area contributed by atoms with Crippen molar-refractivity contribution in [2.24, 2.45) is 5.73 Å². The largest absolute Gasteiger partial charge is 0.496 e. The number of hydrogen-bond donors (Lipinski definition) is 1. The minimum atomic E-state index is 0.589. The second kappa shape index (κ2) is 4.61. The van der Waals surface area contributed by atoms with Gasteiger partial charge in [-0.25, -0.2) is 0 Å². The van der Waals surface area contributed by atoms with Crippen LogP contribution in [0.4, 0.5) is 0 Å². The first kappa shape index (κ1) is 11.1. The van der Waals surface area contributed by atoms with Crippen molar-refractivity contribution in [2.45, 2.75) is 13.3 Å². The van der Waals surface area contributed by atoms with Gasteiger partial charge in [0, 0.05) is 17.2 Å². The molecule has 0 aliphatic carbocycles. The maximum atomic E-state index is 5.62. The normalized spacial score (nSPS) is 13.7. The second-order valence-electron chi connectivity index (χ2n) is 3.75. The van der Waals surface area contributed by atoms with Gasteiger partial charge in [0.05, 0.1) is 7.11 Å². The van der Waals surface area contributed by atoms with Crippen LogP contribution in [0.1, 0.15) is 11.1 Å². The zero-order valence-electron chi connectivity index (χ0n) is 9.71. The van der Waals surface area contributed by atoms with Crippen LogP contribution in [0.25, 0.3) is 0 Å². The van der Waals surface area contributed by atoms with E-state index in [-0.39, 0.29) is 0 Å². The van der Waals surface area contributed by atoms with E-state index in [9.17, 15) is 0 Å². The lowest BCUT2D eigenvalue weighted by atomic mass is 10.0. The van der Waals surface area contributed by atoms with E-state index in [4.69, 9.17) is 19.9 Å². The Balaban J connectivity index is 2.50. The summed E-state index contributed by atoms with van der Waals surface area (Å²) in [6.45, 7) is 3.80. The third kappa shape index (κ3) is 1.80. The summed E-state index contributed by atoms with van der Waals surface area (Å²) in [5.41, 5.74) is 7.78. The second-order valence-corrected chi connectivity index (χ2v) is 3.75. The SMILES string of the molecule is COc1cc2c(c(C)c1CCN)OCCO2. The van der Waals surface area contributed by atoms with E-state index in [1.807, 2.05) is 13.0 Å². The van der Waals surface area contributed by atoms with Crippen molar-refractivity contribution in [3.63, 3.8) is 0 Å². The maximum Gasteiger partial charge on any atom is 0.165 e. The Morgan fingerprint density at radius 3 is 2.81 bits per heavy atom. The molecule has 16 heavy (non-hydrogen) atoms. The molecule has 0 saturated heterocycles. The molecule has 1 aliphatic rings. The van der Waals surface area contributed by atoms with E-state index in [2.05, 4.69) is 0 Å². The van der Waals surface area contributed by atoms with Crippen molar-refractivity contribution in [1.29, 1.82) is 0 Å². The summed E-state index contributed by atoms with van der Waals surface area (Å²) in [6.07, 6.45) is 0.783.